The van der Waals surface area contributed by atoms with Gasteiger partial charge < -0.3 is 9.32 Å². The summed E-state index contributed by atoms with van der Waals surface area (Å²) in [5.41, 5.74) is 2.08. The Morgan fingerprint density at radius 1 is 1.17 bits per heavy atom. The first kappa shape index (κ1) is 16.1. The average Bonchev–Trinajstić information content (AvgIpc) is 3.04. The molecule has 0 bridgehead atoms. The fraction of sp³-hybridized carbons (Fsp3) is 0.471. The van der Waals surface area contributed by atoms with E-state index in [9.17, 15) is 4.79 Å². The Hall–Kier alpha value is -1.82. The summed E-state index contributed by atoms with van der Waals surface area (Å²) in [7, 11) is 0. The molecule has 1 amide bonds. The van der Waals surface area contributed by atoms with E-state index in [0.29, 0.717) is 11.1 Å². The highest BCUT2D eigenvalue weighted by Crippen LogP contribution is 2.27. The Balaban J connectivity index is 1.64. The van der Waals surface area contributed by atoms with Gasteiger partial charge in [0.1, 0.15) is 0 Å². The maximum Gasteiger partial charge on any atom is 0.277 e. The van der Waals surface area contributed by atoms with Crippen molar-refractivity contribution in [1.29, 1.82) is 0 Å². The van der Waals surface area contributed by atoms with Gasteiger partial charge in [-0.3, -0.25) is 4.79 Å². The van der Waals surface area contributed by atoms with Gasteiger partial charge in [0.2, 0.25) is 11.8 Å². The third kappa shape index (κ3) is 3.93. The average molecular weight is 331 g/mol. The van der Waals surface area contributed by atoms with E-state index in [4.69, 9.17) is 4.42 Å². The summed E-state index contributed by atoms with van der Waals surface area (Å²) < 4.78 is 5.69. The molecule has 23 heavy (non-hydrogen) atoms. The molecule has 2 aromatic rings. The van der Waals surface area contributed by atoms with Crippen molar-refractivity contribution in [2.45, 2.75) is 43.6 Å². The number of amides is 1. The Morgan fingerprint density at radius 2 is 1.87 bits per heavy atom. The van der Waals surface area contributed by atoms with E-state index in [2.05, 4.69) is 10.2 Å². The van der Waals surface area contributed by atoms with Crippen LogP contribution in [0.15, 0.2) is 33.9 Å². The number of aromatic nitrogens is 2. The third-order valence-electron chi connectivity index (χ3n) is 4.00. The largest absolute Gasteiger partial charge is 0.411 e. The standard InChI is InChI=1S/C17H21N3O2S/c1-12-6-8-14(9-7-12)15-18-19-17(22-15)23-13(2)16(21)20-10-4-3-5-11-20/h6-9,13H,3-5,10-11H2,1-2H3. The molecule has 1 unspecified atom stereocenters. The molecule has 2 heterocycles. The van der Waals surface area contributed by atoms with Crippen molar-refractivity contribution >= 4 is 17.7 Å². The first-order valence-electron chi connectivity index (χ1n) is 7.99. The third-order valence-corrected chi connectivity index (χ3v) is 4.92. The molecular formula is C17H21N3O2S. The van der Waals surface area contributed by atoms with Crippen LogP contribution in [0.2, 0.25) is 0 Å². The van der Waals surface area contributed by atoms with E-state index in [1.165, 1.54) is 23.7 Å². The summed E-state index contributed by atoms with van der Waals surface area (Å²) in [6.07, 6.45) is 3.41. The minimum atomic E-state index is -0.209. The number of rotatable bonds is 4. The molecule has 5 nitrogen and oxygen atoms in total. The first-order chi connectivity index (χ1) is 11.1. The molecule has 1 fully saturated rings. The molecule has 1 aromatic heterocycles. The molecule has 0 N–H and O–H groups in total. The molecule has 0 aliphatic carbocycles. The van der Waals surface area contributed by atoms with Gasteiger partial charge in [-0.25, -0.2) is 0 Å². The molecular weight excluding hydrogens is 310 g/mol. The van der Waals surface area contributed by atoms with E-state index in [0.717, 1.165) is 31.5 Å². The minimum Gasteiger partial charge on any atom is -0.411 e. The summed E-state index contributed by atoms with van der Waals surface area (Å²) in [4.78, 5) is 14.4. The molecule has 3 rings (SSSR count). The van der Waals surface area contributed by atoms with Crippen molar-refractivity contribution in [3.05, 3.63) is 29.8 Å². The van der Waals surface area contributed by atoms with E-state index >= 15 is 0 Å². The number of thioether (sulfide) groups is 1. The highest BCUT2D eigenvalue weighted by atomic mass is 32.2. The number of benzene rings is 1. The lowest BCUT2D eigenvalue weighted by Crippen LogP contribution is -2.40. The smallest absolute Gasteiger partial charge is 0.277 e. The molecule has 1 aromatic carbocycles. The van der Waals surface area contributed by atoms with Crippen LogP contribution in [0.3, 0.4) is 0 Å². The zero-order valence-electron chi connectivity index (χ0n) is 13.5. The first-order valence-corrected chi connectivity index (χ1v) is 8.87. The molecule has 1 aliphatic heterocycles. The zero-order valence-corrected chi connectivity index (χ0v) is 14.3. The van der Waals surface area contributed by atoms with Crippen molar-refractivity contribution in [1.82, 2.24) is 15.1 Å². The summed E-state index contributed by atoms with van der Waals surface area (Å²) in [6, 6.07) is 7.93. The van der Waals surface area contributed by atoms with Crippen LogP contribution in [0.1, 0.15) is 31.7 Å². The zero-order chi connectivity index (χ0) is 16.2. The molecule has 0 saturated carbocycles. The maximum atomic E-state index is 12.4. The SMILES string of the molecule is Cc1ccc(-c2nnc(SC(C)C(=O)N3CCCCC3)o2)cc1. The normalized spacial score (nSPS) is 16.3. The van der Waals surface area contributed by atoms with E-state index in [1.807, 2.05) is 43.0 Å². The highest BCUT2D eigenvalue weighted by molar-refractivity contribution is 8.00. The number of nitrogens with zero attached hydrogens (tertiary/aromatic N) is 3. The van der Waals surface area contributed by atoms with Crippen molar-refractivity contribution in [2.24, 2.45) is 0 Å². The lowest BCUT2D eigenvalue weighted by atomic mass is 10.1. The number of hydrogen-bond acceptors (Lipinski definition) is 5. The van der Waals surface area contributed by atoms with Crippen LogP contribution in [-0.4, -0.2) is 39.3 Å². The number of likely N-dealkylation sites (tertiary alicyclic amines) is 1. The topological polar surface area (TPSA) is 59.2 Å². The van der Waals surface area contributed by atoms with Gasteiger partial charge in [-0.2, -0.15) is 0 Å². The minimum absolute atomic E-state index is 0.157. The van der Waals surface area contributed by atoms with Gasteiger partial charge in [0.05, 0.1) is 5.25 Å². The Bertz CT molecular complexity index is 663. The number of piperidine rings is 1. The fourth-order valence-electron chi connectivity index (χ4n) is 2.64. The Kier molecular flexibility index (Phi) is 5.00. The number of aryl methyl sites for hydroxylation is 1. The maximum absolute atomic E-state index is 12.4. The van der Waals surface area contributed by atoms with E-state index in [-0.39, 0.29) is 11.2 Å². The molecule has 0 spiro atoms. The Morgan fingerprint density at radius 3 is 2.57 bits per heavy atom. The van der Waals surface area contributed by atoms with Crippen molar-refractivity contribution in [2.75, 3.05) is 13.1 Å². The van der Waals surface area contributed by atoms with Crippen LogP contribution in [-0.2, 0) is 4.79 Å². The lowest BCUT2D eigenvalue weighted by Gasteiger charge is -2.28. The van der Waals surface area contributed by atoms with Gasteiger partial charge in [-0.05, 0) is 45.2 Å². The van der Waals surface area contributed by atoms with Crippen molar-refractivity contribution < 1.29 is 9.21 Å². The second-order valence-electron chi connectivity index (χ2n) is 5.89. The lowest BCUT2D eigenvalue weighted by molar-refractivity contribution is -0.131. The van der Waals surface area contributed by atoms with Gasteiger partial charge in [0, 0.05) is 18.7 Å². The molecule has 0 radical (unpaired) electrons. The molecule has 1 saturated heterocycles. The van der Waals surface area contributed by atoms with Gasteiger partial charge in [0.15, 0.2) is 0 Å². The number of carbonyl (C=O) groups is 1. The summed E-state index contributed by atoms with van der Waals surface area (Å²) >= 11 is 1.33. The number of carbonyl (C=O) groups excluding carboxylic acids is 1. The van der Waals surface area contributed by atoms with E-state index < -0.39 is 0 Å². The van der Waals surface area contributed by atoms with Gasteiger partial charge >= 0.3 is 0 Å². The summed E-state index contributed by atoms with van der Waals surface area (Å²) in [5, 5.41) is 8.37. The molecule has 1 aliphatic rings. The highest BCUT2D eigenvalue weighted by Gasteiger charge is 2.24. The van der Waals surface area contributed by atoms with Gasteiger partial charge in [-0.1, -0.05) is 29.5 Å². The van der Waals surface area contributed by atoms with Gasteiger partial charge in [-0.15, -0.1) is 10.2 Å². The van der Waals surface area contributed by atoms with Crippen LogP contribution in [0.5, 0.6) is 0 Å². The van der Waals surface area contributed by atoms with Crippen LogP contribution >= 0.6 is 11.8 Å². The van der Waals surface area contributed by atoms with Crippen molar-refractivity contribution in [3.8, 4) is 11.5 Å². The summed E-state index contributed by atoms with van der Waals surface area (Å²) in [6.45, 7) is 5.66. The molecule has 122 valence electrons. The monoisotopic (exact) mass is 331 g/mol. The van der Waals surface area contributed by atoms with E-state index in [1.54, 1.807) is 0 Å². The summed E-state index contributed by atoms with van der Waals surface area (Å²) in [5.74, 6) is 0.648. The van der Waals surface area contributed by atoms with Crippen LogP contribution in [0.25, 0.3) is 11.5 Å². The molecule has 6 heteroatoms. The predicted molar refractivity (Wildman–Crippen MR) is 90.2 cm³/mol. The quantitative estimate of drug-likeness (QED) is 0.802. The van der Waals surface area contributed by atoms with Crippen LogP contribution < -0.4 is 0 Å². The second kappa shape index (κ2) is 7.17. The second-order valence-corrected chi connectivity index (χ2v) is 7.18. The number of hydrogen-bond donors (Lipinski definition) is 0. The van der Waals surface area contributed by atoms with Crippen LogP contribution in [0, 0.1) is 6.92 Å². The van der Waals surface area contributed by atoms with Crippen molar-refractivity contribution in [3.63, 3.8) is 0 Å². The van der Waals surface area contributed by atoms with Crippen LogP contribution in [0.4, 0.5) is 0 Å². The fourth-order valence-corrected chi connectivity index (χ4v) is 3.41. The Labute approximate surface area is 140 Å². The predicted octanol–water partition coefficient (Wildman–Crippen LogP) is 3.54. The molecule has 1 atom stereocenters. The van der Waals surface area contributed by atoms with Gasteiger partial charge in [0.25, 0.3) is 5.22 Å².